The van der Waals surface area contributed by atoms with Crippen molar-refractivity contribution in [1.29, 1.82) is 0 Å². The van der Waals surface area contributed by atoms with Gasteiger partial charge in [0.05, 0.1) is 11.4 Å². The first-order chi connectivity index (χ1) is 9.54. The van der Waals surface area contributed by atoms with E-state index in [9.17, 15) is 8.42 Å². The van der Waals surface area contributed by atoms with Gasteiger partial charge in [0.2, 0.25) is 0 Å². The van der Waals surface area contributed by atoms with Crippen LogP contribution in [0, 0.1) is 0 Å². The van der Waals surface area contributed by atoms with Gasteiger partial charge in [0.15, 0.2) is 0 Å². The minimum Gasteiger partial charge on any atom is -0.330 e. The number of rotatable bonds is 4. The summed E-state index contributed by atoms with van der Waals surface area (Å²) < 4.78 is 25.2. The van der Waals surface area contributed by atoms with E-state index in [2.05, 4.69) is 9.88 Å². The predicted octanol–water partition coefficient (Wildman–Crippen LogP) is 1.23. The highest BCUT2D eigenvalue weighted by Gasteiger charge is 2.27. The van der Waals surface area contributed by atoms with Crippen molar-refractivity contribution in [3.63, 3.8) is 0 Å². The molecule has 0 saturated heterocycles. The van der Waals surface area contributed by atoms with E-state index in [1.807, 2.05) is 0 Å². The van der Waals surface area contributed by atoms with Crippen molar-refractivity contribution in [3.05, 3.63) is 17.2 Å². The van der Waals surface area contributed by atoms with Gasteiger partial charge in [-0.15, -0.1) is 0 Å². The van der Waals surface area contributed by atoms with E-state index in [0.717, 1.165) is 31.0 Å². The first-order valence-electron chi connectivity index (χ1n) is 7.51. The summed E-state index contributed by atoms with van der Waals surface area (Å²) in [5.41, 5.74) is 2.39. The summed E-state index contributed by atoms with van der Waals surface area (Å²) in [7, 11) is -2.93. The Morgan fingerprint density at radius 1 is 1.35 bits per heavy atom. The van der Waals surface area contributed by atoms with Gasteiger partial charge in [-0.05, 0) is 12.8 Å². The summed E-state index contributed by atoms with van der Waals surface area (Å²) in [4.78, 5) is 4.84. The fraction of sp³-hybridized carbons (Fsp3) is 0.786. The lowest BCUT2D eigenvalue weighted by molar-refractivity contribution is 0.558. The van der Waals surface area contributed by atoms with Crippen molar-refractivity contribution >= 4 is 9.84 Å². The molecule has 2 heterocycles. The third-order valence-corrected chi connectivity index (χ3v) is 5.35. The van der Waals surface area contributed by atoms with Crippen LogP contribution in [-0.2, 0) is 29.3 Å². The van der Waals surface area contributed by atoms with Crippen molar-refractivity contribution in [3.8, 4) is 0 Å². The number of fused-ring (bicyclic) bond motifs is 1. The third-order valence-electron chi connectivity index (χ3n) is 4.42. The second-order valence-electron chi connectivity index (χ2n) is 6.05. The molecule has 1 N–H and O–H groups in total. The zero-order valence-corrected chi connectivity index (χ0v) is 12.9. The van der Waals surface area contributed by atoms with Gasteiger partial charge in [0.25, 0.3) is 0 Å². The Morgan fingerprint density at radius 2 is 2.10 bits per heavy atom. The SMILES string of the molecule is CS(=O)(=O)CCn1c(C2CCCC2)nc2c1CCNC2. The maximum atomic E-state index is 11.5. The lowest BCUT2D eigenvalue weighted by Crippen LogP contribution is -2.26. The van der Waals surface area contributed by atoms with E-state index < -0.39 is 9.84 Å². The van der Waals surface area contributed by atoms with Crippen LogP contribution in [0.25, 0.3) is 0 Å². The molecular weight excluding hydrogens is 274 g/mol. The maximum absolute atomic E-state index is 11.5. The molecule has 0 radical (unpaired) electrons. The zero-order chi connectivity index (χ0) is 14.2. The Labute approximate surface area is 120 Å². The molecule has 0 unspecified atom stereocenters. The van der Waals surface area contributed by atoms with Crippen LogP contribution in [0.1, 0.15) is 48.8 Å². The average molecular weight is 297 g/mol. The van der Waals surface area contributed by atoms with Crippen LogP contribution < -0.4 is 5.32 Å². The minimum atomic E-state index is -2.93. The Morgan fingerprint density at radius 3 is 2.80 bits per heavy atom. The summed E-state index contributed by atoms with van der Waals surface area (Å²) in [6.45, 7) is 2.34. The molecule has 3 rings (SSSR count). The van der Waals surface area contributed by atoms with Gasteiger partial charge in [-0.2, -0.15) is 0 Å². The Bertz CT molecular complexity index is 586. The highest BCUT2D eigenvalue weighted by atomic mass is 32.2. The summed E-state index contributed by atoms with van der Waals surface area (Å²) in [5.74, 6) is 1.88. The monoisotopic (exact) mass is 297 g/mol. The smallest absolute Gasteiger partial charge is 0.149 e. The van der Waals surface area contributed by atoms with Crippen LogP contribution in [0.4, 0.5) is 0 Å². The van der Waals surface area contributed by atoms with Crippen molar-refractivity contribution in [2.75, 3.05) is 18.6 Å². The number of hydrogen-bond acceptors (Lipinski definition) is 4. The van der Waals surface area contributed by atoms with Crippen LogP contribution in [0.5, 0.6) is 0 Å². The molecule has 6 heteroatoms. The summed E-state index contributed by atoms with van der Waals surface area (Å²) in [5, 5.41) is 3.35. The molecule has 1 fully saturated rings. The van der Waals surface area contributed by atoms with Crippen LogP contribution in [0.2, 0.25) is 0 Å². The van der Waals surface area contributed by atoms with Crippen molar-refractivity contribution < 1.29 is 8.42 Å². The quantitative estimate of drug-likeness (QED) is 0.908. The van der Waals surface area contributed by atoms with E-state index >= 15 is 0 Å². The largest absolute Gasteiger partial charge is 0.330 e. The Hall–Kier alpha value is -0.880. The topological polar surface area (TPSA) is 64.0 Å². The molecule has 112 valence electrons. The number of imidazole rings is 1. The zero-order valence-electron chi connectivity index (χ0n) is 12.1. The Balaban J connectivity index is 1.93. The van der Waals surface area contributed by atoms with Crippen LogP contribution in [-0.4, -0.2) is 36.5 Å². The molecule has 0 spiro atoms. The molecular formula is C14H23N3O2S. The van der Waals surface area contributed by atoms with Crippen molar-refractivity contribution in [2.24, 2.45) is 0 Å². The number of nitrogens with one attached hydrogen (secondary N) is 1. The van der Waals surface area contributed by atoms with E-state index in [-0.39, 0.29) is 5.75 Å². The molecule has 1 aliphatic carbocycles. The molecule has 20 heavy (non-hydrogen) atoms. The molecule has 2 aliphatic rings. The number of aromatic nitrogens is 2. The molecule has 1 saturated carbocycles. The molecule has 0 amide bonds. The number of sulfone groups is 1. The average Bonchev–Trinajstić information content (AvgIpc) is 3.02. The number of hydrogen-bond donors (Lipinski definition) is 1. The second-order valence-corrected chi connectivity index (χ2v) is 8.31. The fourth-order valence-corrected chi connectivity index (χ4v) is 3.91. The molecule has 0 atom stereocenters. The van der Waals surface area contributed by atoms with Gasteiger partial charge in [-0.3, -0.25) is 0 Å². The van der Waals surface area contributed by atoms with Crippen molar-refractivity contribution in [1.82, 2.24) is 14.9 Å². The highest BCUT2D eigenvalue weighted by Crippen LogP contribution is 2.35. The summed E-state index contributed by atoms with van der Waals surface area (Å²) in [6, 6.07) is 0. The van der Waals surface area contributed by atoms with Gasteiger partial charge < -0.3 is 9.88 Å². The fourth-order valence-electron chi connectivity index (χ4n) is 3.39. The second kappa shape index (κ2) is 5.48. The van der Waals surface area contributed by atoms with E-state index in [1.54, 1.807) is 0 Å². The normalized spacial score (nSPS) is 20.2. The predicted molar refractivity (Wildman–Crippen MR) is 78.6 cm³/mol. The Kier molecular flexibility index (Phi) is 3.86. The molecule has 1 aliphatic heterocycles. The molecule has 5 nitrogen and oxygen atoms in total. The number of nitrogens with zero attached hydrogens (tertiary/aromatic N) is 2. The lowest BCUT2D eigenvalue weighted by atomic mass is 10.1. The maximum Gasteiger partial charge on any atom is 0.149 e. The molecule has 1 aromatic rings. The summed E-state index contributed by atoms with van der Waals surface area (Å²) in [6.07, 6.45) is 7.20. The molecule has 0 aromatic carbocycles. The highest BCUT2D eigenvalue weighted by molar-refractivity contribution is 7.90. The van der Waals surface area contributed by atoms with Crippen LogP contribution in [0.15, 0.2) is 0 Å². The minimum absolute atomic E-state index is 0.211. The van der Waals surface area contributed by atoms with Gasteiger partial charge in [-0.1, -0.05) is 12.8 Å². The van der Waals surface area contributed by atoms with E-state index in [0.29, 0.717) is 12.5 Å². The molecule has 1 aromatic heterocycles. The van der Waals surface area contributed by atoms with Crippen LogP contribution >= 0.6 is 0 Å². The van der Waals surface area contributed by atoms with Crippen LogP contribution in [0.3, 0.4) is 0 Å². The van der Waals surface area contributed by atoms with E-state index in [4.69, 9.17) is 4.98 Å². The first kappa shape index (κ1) is 14.1. The third kappa shape index (κ3) is 2.91. The van der Waals surface area contributed by atoms with E-state index in [1.165, 1.54) is 37.6 Å². The lowest BCUT2D eigenvalue weighted by Gasteiger charge is -2.17. The first-order valence-corrected chi connectivity index (χ1v) is 9.57. The standard InChI is InChI=1S/C14H23N3O2S/c1-20(18,19)9-8-17-13-6-7-15-10-12(13)16-14(17)11-4-2-3-5-11/h11,15H,2-10H2,1H3. The van der Waals surface area contributed by atoms with Gasteiger partial charge in [0, 0.05) is 43.9 Å². The van der Waals surface area contributed by atoms with Gasteiger partial charge in [0.1, 0.15) is 15.7 Å². The van der Waals surface area contributed by atoms with Gasteiger partial charge in [-0.25, -0.2) is 13.4 Å². The summed E-state index contributed by atoms with van der Waals surface area (Å²) >= 11 is 0. The molecule has 0 bridgehead atoms. The van der Waals surface area contributed by atoms with Gasteiger partial charge >= 0.3 is 0 Å². The van der Waals surface area contributed by atoms with Crippen molar-refractivity contribution in [2.45, 2.75) is 51.1 Å².